The van der Waals surface area contributed by atoms with Crippen molar-refractivity contribution in [2.75, 3.05) is 13.1 Å². The zero-order valence-electron chi connectivity index (χ0n) is 5.34. The van der Waals surface area contributed by atoms with E-state index in [9.17, 15) is 4.79 Å². The molecule has 3 nitrogen and oxygen atoms in total. The third kappa shape index (κ3) is 1.86. The first-order valence-corrected chi connectivity index (χ1v) is 3.26. The second-order valence-corrected chi connectivity index (χ2v) is 2.21. The Morgan fingerprint density at radius 1 is 1.22 bits per heavy atom. The molecule has 0 N–H and O–H groups in total. The minimum absolute atomic E-state index is 0.926. The van der Waals surface area contributed by atoms with Gasteiger partial charge in [-0.3, -0.25) is 5.01 Å². The van der Waals surface area contributed by atoms with Gasteiger partial charge < -0.3 is 0 Å². The van der Waals surface area contributed by atoms with E-state index in [2.05, 4.69) is 5.10 Å². The molecule has 0 amide bonds. The maximum Gasteiger partial charge on any atom is 0.258 e. The van der Waals surface area contributed by atoms with Gasteiger partial charge in [0.05, 0.1) is 0 Å². The van der Waals surface area contributed by atoms with Crippen molar-refractivity contribution in [2.45, 2.75) is 19.3 Å². The molecule has 0 aliphatic carbocycles. The van der Waals surface area contributed by atoms with E-state index in [0.717, 1.165) is 25.9 Å². The zero-order chi connectivity index (χ0) is 6.53. The summed E-state index contributed by atoms with van der Waals surface area (Å²) in [7, 11) is 0. The molecule has 1 aliphatic heterocycles. The third-order valence-electron chi connectivity index (χ3n) is 1.51. The highest BCUT2D eigenvalue weighted by atomic mass is 16.1. The molecule has 1 rings (SSSR count). The molecule has 0 radical (unpaired) electrons. The van der Waals surface area contributed by atoms with E-state index in [1.165, 1.54) is 12.5 Å². The lowest BCUT2D eigenvalue weighted by molar-refractivity contribution is 0.238. The number of hydrogen-bond donors (Lipinski definition) is 0. The largest absolute Gasteiger partial charge is 0.286 e. The monoisotopic (exact) mass is 126 g/mol. The SMILES string of the molecule is O=C=NN1CCCCC1. The van der Waals surface area contributed by atoms with Gasteiger partial charge in [0.25, 0.3) is 6.08 Å². The second kappa shape index (κ2) is 3.25. The Hall–Kier alpha value is -0.820. The summed E-state index contributed by atoms with van der Waals surface area (Å²) in [6, 6.07) is 0. The molecule has 0 aromatic heterocycles. The van der Waals surface area contributed by atoms with Crippen molar-refractivity contribution in [1.82, 2.24) is 5.01 Å². The lowest BCUT2D eigenvalue weighted by Crippen LogP contribution is -2.23. The van der Waals surface area contributed by atoms with E-state index in [4.69, 9.17) is 0 Å². The summed E-state index contributed by atoms with van der Waals surface area (Å²) in [5, 5.41) is 5.29. The van der Waals surface area contributed by atoms with Gasteiger partial charge in [0.15, 0.2) is 0 Å². The maximum absolute atomic E-state index is 9.74. The number of piperidine rings is 1. The Balaban J connectivity index is 2.31. The predicted molar refractivity (Wildman–Crippen MR) is 33.5 cm³/mol. The topological polar surface area (TPSA) is 32.7 Å². The minimum atomic E-state index is 0.926. The number of hydrogen-bond acceptors (Lipinski definition) is 3. The lowest BCUT2D eigenvalue weighted by atomic mass is 10.2. The van der Waals surface area contributed by atoms with Crippen LogP contribution < -0.4 is 0 Å². The molecule has 50 valence electrons. The fourth-order valence-corrected chi connectivity index (χ4v) is 1.03. The molecule has 0 aromatic carbocycles. The van der Waals surface area contributed by atoms with Crippen molar-refractivity contribution in [1.29, 1.82) is 0 Å². The Kier molecular flexibility index (Phi) is 2.28. The second-order valence-electron chi connectivity index (χ2n) is 2.21. The van der Waals surface area contributed by atoms with Crippen LogP contribution in [0.2, 0.25) is 0 Å². The quantitative estimate of drug-likeness (QED) is 0.383. The van der Waals surface area contributed by atoms with Crippen LogP contribution in [-0.4, -0.2) is 24.2 Å². The standard InChI is InChI=1S/C6H10N2O/c9-6-7-8-4-2-1-3-5-8/h1-5H2. The summed E-state index contributed by atoms with van der Waals surface area (Å²) in [6.45, 7) is 1.85. The van der Waals surface area contributed by atoms with E-state index in [-0.39, 0.29) is 0 Å². The van der Waals surface area contributed by atoms with Gasteiger partial charge in [0.1, 0.15) is 0 Å². The number of hydrazone groups is 1. The highest BCUT2D eigenvalue weighted by molar-refractivity contribution is 5.32. The van der Waals surface area contributed by atoms with E-state index < -0.39 is 0 Å². The van der Waals surface area contributed by atoms with Crippen molar-refractivity contribution >= 4 is 6.08 Å². The Morgan fingerprint density at radius 2 is 1.89 bits per heavy atom. The summed E-state index contributed by atoms with van der Waals surface area (Å²) >= 11 is 0. The molecule has 9 heavy (non-hydrogen) atoms. The van der Waals surface area contributed by atoms with Crippen LogP contribution in [-0.2, 0) is 4.79 Å². The van der Waals surface area contributed by atoms with E-state index in [0.29, 0.717) is 0 Å². The van der Waals surface area contributed by atoms with Crippen molar-refractivity contribution in [3.8, 4) is 0 Å². The molecular weight excluding hydrogens is 116 g/mol. The van der Waals surface area contributed by atoms with Crippen molar-refractivity contribution in [3.05, 3.63) is 0 Å². The van der Waals surface area contributed by atoms with Crippen molar-refractivity contribution in [2.24, 2.45) is 5.10 Å². The van der Waals surface area contributed by atoms with E-state index in [1.54, 1.807) is 5.01 Å². The Bertz CT molecular complexity index is 123. The average Bonchev–Trinajstić information content (AvgIpc) is 1.91. The summed E-state index contributed by atoms with van der Waals surface area (Å²) in [4.78, 5) is 9.74. The molecule has 1 fully saturated rings. The van der Waals surface area contributed by atoms with Gasteiger partial charge in [-0.1, -0.05) is 5.10 Å². The highest BCUT2D eigenvalue weighted by Gasteiger charge is 2.05. The Morgan fingerprint density at radius 3 is 2.44 bits per heavy atom. The molecule has 0 bridgehead atoms. The molecule has 0 unspecified atom stereocenters. The van der Waals surface area contributed by atoms with Crippen LogP contribution in [0.15, 0.2) is 5.10 Å². The van der Waals surface area contributed by atoms with Gasteiger partial charge in [-0.2, -0.15) is 0 Å². The number of rotatable bonds is 1. The zero-order valence-corrected chi connectivity index (χ0v) is 5.34. The molecule has 0 saturated carbocycles. The van der Waals surface area contributed by atoms with Crippen LogP contribution in [0, 0.1) is 0 Å². The predicted octanol–water partition coefficient (Wildman–Crippen LogP) is 0.723. The summed E-state index contributed by atoms with van der Waals surface area (Å²) in [5.74, 6) is 0. The lowest BCUT2D eigenvalue weighted by Gasteiger charge is -2.20. The van der Waals surface area contributed by atoms with E-state index >= 15 is 0 Å². The number of isocyanates is 1. The minimum Gasteiger partial charge on any atom is -0.286 e. The normalized spacial score (nSPS) is 18.9. The molecule has 1 heterocycles. The molecule has 0 aromatic rings. The van der Waals surface area contributed by atoms with Crippen LogP contribution in [0.1, 0.15) is 19.3 Å². The van der Waals surface area contributed by atoms with Gasteiger partial charge >= 0.3 is 0 Å². The van der Waals surface area contributed by atoms with Gasteiger partial charge in [-0.25, -0.2) is 4.79 Å². The molecule has 3 heteroatoms. The van der Waals surface area contributed by atoms with Gasteiger partial charge in [0, 0.05) is 13.1 Å². The first kappa shape index (κ1) is 6.30. The molecule has 0 spiro atoms. The smallest absolute Gasteiger partial charge is 0.258 e. The van der Waals surface area contributed by atoms with Crippen LogP contribution >= 0.6 is 0 Å². The average molecular weight is 126 g/mol. The van der Waals surface area contributed by atoms with Crippen LogP contribution in [0.25, 0.3) is 0 Å². The van der Waals surface area contributed by atoms with Crippen LogP contribution in [0.3, 0.4) is 0 Å². The fraction of sp³-hybridized carbons (Fsp3) is 0.833. The highest BCUT2D eigenvalue weighted by Crippen LogP contribution is 2.07. The molecular formula is C6H10N2O. The van der Waals surface area contributed by atoms with Crippen molar-refractivity contribution < 1.29 is 4.79 Å². The third-order valence-corrected chi connectivity index (χ3v) is 1.51. The number of carbonyl (C=O) groups excluding carboxylic acids is 1. The van der Waals surface area contributed by atoms with Crippen molar-refractivity contribution in [3.63, 3.8) is 0 Å². The van der Waals surface area contributed by atoms with Crippen LogP contribution in [0.5, 0.6) is 0 Å². The van der Waals surface area contributed by atoms with E-state index in [1.807, 2.05) is 0 Å². The number of nitrogens with zero attached hydrogens (tertiary/aromatic N) is 2. The summed E-state index contributed by atoms with van der Waals surface area (Å²) < 4.78 is 0. The fourth-order valence-electron chi connectivity index (χ4n) is 1.03. The summed E-state index contributed by atoms with van der Waals surface area (Å²) in [6.07, 6.45) is 5.12. The maximum atomic E-state index is 9.74. The van der Waals surface area contributed by atoms with Gasteiger partial charge in [-0.05, 0) is 19.3 Å². The van der Waals surface area contributed by atoms with Gasteiger partial charge in [-0.15, -0.1) is 0 Å². The Labute approximate surface area is 54.3 Å². The van der Waals surface area contributed by atoms with Crippen LogP contribution in [0.4, 0.5) is 0 Å². The molecule has 0 atom stereocenters. The molecule has 1 saturated heterocycles. The first-order valence-electron chi connectivity index (χ1n) is 3.26. The first-order chi connectivity index (χ1) is 4.43. The molecule has 1 aliphatic rings. The summed E-state index contributed by atoms with van der Waals surface area (Å²) in [5.41, 5.74) is 0. The van der Waals surface area contributed by atoms with Gasteiger partial charge in [0.2, 0.25) is 0 Å².